The van der Waals surface area contributed by atoms with E-state index in [-0.39, 0.29) is 18.0 Å². The average molecular weight is 324 g/mol. The molecule has 2 aromatic heterocycles. The molecule has 0 spiro atoms. The predicted octanol–water partition coefficient (Wildman–Crippen LogP) is 2.99. The number of aromatic nitrogens is 1. The molecule has 0 atom stereocenters. The number of hydrogen-bond acceptors (Lipinski definition) is 3. The molecule has 24 heavy (non-hydrogen) atoms. The highest BCUT2D eigenvalue weighted by Crippen LogP contribution is 2.17. The summed E-state index contributed by atoms with van der Waals surface area (Å²) < 4.78 is 5.20. The Balaban J connectivity index is 1.68. The molecule has 0 aliphatic carbocycles. The largest absolute Gasteiger partial charge is 0.469 e. The van der Waals surface area contributed by atoms with E-state index in [1.54, 1.807) is 12.3 Å². The average Bonchev–Trinajstić information content (AvgIpc) is 3.06. The van der Waals surface area contributed by atoms with Crippen molar-refractivity contribution >= 4 is 16.8 Å². The van der Waals surface area contributed by atoms with Crippen LogP contribution >= 0.6 is 0 Å². The monoisotopic (exact) mass is 324 g/mol. The van der Waals surface area contributed by atoms with Crippen LogP contribution < -0.4 is 10.9 Å². The first-order chi connectivity index (χ1) is 11.5. The number of carbonyl (C=O) groups excluding carboxylic acids is 1. The summed E-state index contributed by atoms with van der Waals surface area (Å²) in [5.74, 6) is 0.672. The third-order valence-electron chi connectivity index (χ3n) is 4.19. The van der Waals surface area contributed by atoms with Crippen molar-refractivity contribution in [1.29, 1.82) is 0 Å². The molecule has 0 saturated carbocycles. The second-order valence-corrected chi connectivity index (χ2v) is 6.00. The first kappa shape index (κ1) is 16.1. The van der Waals surface area contributed by atoms with Crippen LogP contribution in [0.2, 0.25) is 0 Å². The van der Waals surface area contributed by atoms with Gasteiger partial charge < -0.3 is 14.7 Å². The van der Waals surface area contributed by atoms with Crippen molar-refractivity contribution < 1.29 is 9.21 Å². The van der Waals surface area contributed by atoms with Gasteiger partial charge in [-0.1, -0.05) is 0 Å². The number of furan rings is 1. The molecule has 0 bridgehead atoms. The summed E-state index contributed by atoms with van der Waals surface area (Å²) in [6.45, 7) is 4.27. The number of hydrogen-bond donors (Lipinski definition) is 2. The topological polar surface area (TPSA) is 75.1 Å². The molecular formula is C19H20N2O3. The van der Waals surface area contributed by atoms with Gasteiger partial charge >= 0.3 is 0 Å². The lowest BCUT2D eigenvalue weighted by Crippen LogP contribution is -2.26. The molecule has 5 heteroatoms. The van der Waals surface area contributed by atoms with Gasteiger partial charge in [0.05, 0.1) is 6.26 Å². The summed E-state index contributed by atoms with van der Waals surface area (Å²) in [4.78, 5) is 27.0. The van der Waals surface area contributed by atoms with Crippen LogP contribution in [-0.2, 0) is 17.8 Å². The second-order valence-electron chi connectivity index (χ2n) is 6.00. The van der Waals surface area contributed by atoms with E-state index in [9.17, 15) is 9.59 Å². The number of carbonyl (C=O) groups is 1. The van der Waals surface area contributed by atoms with Crippen LogP contribution in [-0.4, -0.2) is 10.9 Å². The zero-order valence-electron chi connectivity index (χ0n) is 13.8. The van der Waals surface area contributed by atoms with E-state index in [1.165, 1.54) is 5.56 Å². The Kier molecular flexibility index (Phi) is 4.51. The fraction of sp³-hybridized carbons (Fsp3) is 0.263. The lowest BCUT2D eigenvalue weighted by atomic mass is 10.0. The van der Waals surface area contributed by atoms with E-state index < -0.39 is 0 Å². The van der Waals surface area contributed by atoms with Crippen LogP contribution in [0.5, 0.6) is 0 Å². The van der Waals surface area contributed by atoms with Crippen molar-refractivity contribution in [3.63, 3.8) is 0 Å². The molecule has 1 aromatic carbocycles. The van der Waals surface area contributed by atoms with Gasteiger partial charge in [0.25, 0.3) is 5.56 Å². The molecule has 0 aliphatic heterocycles. The number of aromatic amines is 1. The van der Waals surface area contributed by atoms with Crippen molar-refractivity contribution in [2.45, 2.75) is 33.2 Å². The molecule has 3 rings (SSSR count). The van der Waals surface area contributed by atoms with Crippen molar-refractivity contribution in [2.24, 2.45) is 0 Å². The number of aryl methyl sites for hydroxylation is 3. The van der Waals surface area contributed by atoms with Gasteiger partial charge in [0.1, 0.15) is 5.76 Å². The van der Waals surface area contributed by atoms with E-state index >= 15 is 0 Å². The molecule has 0 fully saturated rings. The minimum Gasteiger partial charge on any atom is -0.469 e. The third-order valence-corrected chi connectivity index (χ3v) is 4.19. The highest BCUT2D eigenvalue weighted by Gasteiger charge is 2.08. The normalized spacial score (nSPS) is 10.9. The lowest BCUT2D eigenvalue weighted by molar-refractivity contribution is -0.121. The number of H-pyrrole nitrogens is 1. The quantitative estimate of drug-likeness (QED) is 0.757. The summed E-state index contributed by atoms with van der Waals surface area (Å²) in [5, 5.41) is 3.76. The SMILES string of the molecule is Cc1cc2cc(CNC(=O)CCc3ccco3)c(=O)[nH]c2cc1C. The van der Waals surface area contributed by atoms with Crippen LogP contribution in [0, 0.1) is 13.8 Å². The molecular weight excluding hydrogens is 304 g/mol. The molecule has 0 unspecified atom stereocenters. The maximum Gasteiger partial charge on any atom is 0.253 e. The van der Waals surface area contributed by atoms with Crippen LogP contribution in [0.25, 0.3) is 10.9 Å². The Hall–Kier alpha value is -2.82. The van der Waals surface area contributed by atoms with Crippen LogP contribution in [0.15, 0.2) is 45.8 Å². The zero-order valence-corrected chi connectivity index (χ0v) is 13.8. The van der Waals surface area contributed by atoms with Gasteiger partial charge in [0, 0.05) is 30.5 Å². The fourth-order valence-corrected chi connectivity index (χ4v) is 2.63. The van der Waals surface area contributed by atoms with Crippen LogP contribution in [0.4, 0.5) is 0 Å². The minimum atomic E-state index is -0.169. The molecule has 1 amide bonds. The van der Waals surface area contributed by atoms with E-state index in [0.717, 1.165) is 22.2 Å². The van der Waals surface area contributed by atoms with Crippen molar-refractivity contribution in [2.75, 3.05) is 0 Å². The zero-order chi connectivity index (χ0) is 17.1. The smallest absolute Gasteiger partial charge is 0.253 e. The van der Waals surface area contributed by atoms with Crippen molar-refractivity contribution in [1.82, 2.24) is 10.3 Å². The summed E-state index contributed by atoms with van der Waals surface area (Å²) in [6.07, 6.45) is 2.47. The highest BCUT2D eigenvalue weighted by molar-refractivity contribution is 5.81. The summed E-state index contributed by atoms with van der Waals surface area (Å²) >= 11 is 0. The maximum absolute atomic E-state index is 12.2. The Morgan fingerprint density at radius 1 is 1.21 bits per heavy atom. The van der Waals surface area contributed by atoms with Crippen molar-refractivity contribution in [3.8, 4) is 0 Å². The van der Waals surface area contributed by atoms with Gasteiger partial charge in [0.15, 0.2) is 0 Å². The van der Waals surface area contributed by atoms with Gasteiger partial charge in [-0.05, 0) is 60.7 Å². The number of pyridine rings is 1. The number of fused-ring (bicyclic) bond motifs is 1. The van der Waals surface area contributed by atoms with Gasteiger partial charge in [0.2, 0.25) is 5.91 Å². The second kappa shape index (κ2) is 6.74. The lowest BCUT2D eigenvalue weighted by Gasteiger charge is -2.08. The summed E-state index contributed by atoms with van der Waals surface area (Å²) in [7, 11) is 0. The van der Waals surface area contributed by atoms with Gasteiger partial charge in [-0.15, -0.1) is 0 Å². The first-order valence-electron chi connectivity index (χ1n) is 7.95. The Morgan fingerprint density at radius 2 is 2.00 bits per heavy atom. The van der Waals surface area contributed by atoms with Gasteiger partial charge in [-0.2, -0.15) is 0 Å². The molecule has 5 nitrogen and oxygen atoms in total. The Bertz CT molecular complexity index is 924. The molecule has 124 valence electrons. The summed E-state index contributed by atoms with van der Waals surface area (Å²) in [5.41, 5.74) is 3.50. The predicted molar refractivity (Wildman–Crippen MR) is 92.9 cm³/mol. The number of amides is 1. The van der Waals surface area contributed by atoms with E-state index in [1.807, 2.05) is 38.1 Å². The maximum atomic E-state index is 12.2. The number of nitrogens with one attached hydrogen (secondary N) is 2. The Morgan fingerprint density at radius 3 is 2.75 bits per heavy atom. The van der Waals surface area contributed by atoms with Gasteiger partial charge in [-0.25, -0.2) is 0 Å². The number of rotatable bonds is 5. The molecule has 0 radical (unpaired) electrons. The van der Waals surface area contributed by atoms with E-state index in [0.29, 0.717) is 18.4 Å². The minimum absolute atomic E-state index is 0.106. The van der Waals surface area contributed by atoms with E-state index in [4.69, 9.17) is 4.42 Å². The third kappa shape index (κ3) is 3.56. The van der Waals surface area contributed by atoms with E-state index in [2.05, 4.69) is 10.3 Å². The first-order valence-corrected chi connectivity index (χ1v) is 7.95. The molecule has 0 aliphatic rings. The molecule has 3 aromatic rings. The van der Waals surface area contributed by atoms with Crippen LogP contribution in [0.3, 0.4) is 0 Å². The Labute approximate surface area is 139 Å². The molecule has 0 saturated heterocycles. The molecule has 2 N–H and O–H groups in total. The van der Waals surface area contributed by atoms with Crippen LogP contribution in [0.1, 0.15) is 28.9 Å². The molecule has 2 heterocycles. The summed E-state index contributed by atoms with van der Waals surface area (Å²) in [6, 6.07) is 9.49. The number of benzene rings is 1. The van der Waals surface area contributed by atoms with Gasteiger partial charge in [-0.3, -0.25) is 9.59 Å². The fourth-order valence-electron chi connectivity index (χ4n) is 2.63. The van der Waals surface area contributed by atoms with Crippen molar-refractivity contribution in [3.05, 3.63) is 69.4 Å². The standard InChI is InChI=1S/C19H20N2O3/c1-12-8-14-10-15(19(23)21-17(14)9-13(12)2)11-20-18(22)6-5-16-4-3-7-24-16/h3-4,7-10H,5-6,11H2,1-2H3,(H,20,22)(H,21,23). The highest BCUT2D eigenvalue weighted by atomic mass is 16.3.